The molecule has 4 nitrogen and oxygen atoms in total. The first-order valence-corrected chi connectivity index (χ1v) is 2.68. The number of rotatable bonds is 0. The van der Waals surface area contributed by atoms with Crippen molar-refractivity contribution < 1.29 is 50.3 Å². The van der Waals surface area contributed by atoms with Crippen LogP contribution in [0.2, 0.25) is 0 Å². The van der Waals surface area contributed by atoms with Crippen LogP contribution in [0.3, 0.4) is 0 Å². The topological polar surface area (TPSA) is 80.9 Å². The van der Waals surface area contributed by atoms with Gasteiger partial charge in [0.25, 0.3) is 0 Å². The Hall–Kier alpha value is 0.897. The van der Waals surface area contributed by atoms with Crippen molar-refractivity contribution >= 4 is 46.8 Å². The van der Waals surface area contributed by atoms with Gasteiger partial charge in [0.2, 0.25) is 0 Å². The van der Waals surface area contributed by atoms with Crippen molar-refractivity contribution in [2.45, 2.75) is 0 Å². The molecule has 12 heteroatoms. The fourth-order valence-corrected chi connectivity index (χ4v) is 0. The van der Waals surface area contributed by atoms with Crippen LogP contribution < -0.4 is 0 Å². The van der Waals surface area contributed by atoms with E-state index in [4.69, 9.17) is 19.2 Å². The van der Waals surface area contributed by atoms with Gasteiger partial charge in [0.15, 0.2) is 0 Å². The van der Waals surface area contributed by atoms with E-state index >= 15 is 0 Å². The van der Waals surface area contributed by atoms with Crippen LogP contribution in [-0.4, -0.2) is 66.0 Å². The second kappa shape index (κ2) is 29.7. The van der Waals surface area contributed by atoms with E-state index in [1.165, 1.54) is 0 Å². The van der Waals surface area contributed by atoms with Crippen LogP contribution in [0.15, 0.2) is 0 Å². The fraction of sp³-hybridized carbons (Fsp3) is 0. The van der Waals surface area contributed by atoms with Gasteiger partial charge in [0.05, 0.1) is 0 Å². The second-order valence-corrected chi connectivity index (χ2v) is 1.80. The largest absolute Gasteiger partial charge is 2.00 e. The molecule has 0 bridgehead atoms. The van der Waals surface area contributed by atoms with E-state index in [1.54, 1.807) is 0 Å². The van der Waals surface area contributed by atoms with Gasteiger partial charge in [-0.1, -0.05) is 0 Å². The Morgan fingerprint density at radius 2 is 0.583 bits per heavy atom. The van der Waals surface area contributed by atoms with Crippen LogP contribution in [0, 0.1) is 0 Å². The van der Waals surface area contributed by atoms with Gasteiger partial charge in [-0.05, 0) is 0 Å². The molecule has 0 saturated heterocycles. The Bertz CT molecular complexity index is 43.3. The van der Waals surface area contributed by atoms with Crippen LogP contribution in [0.5, 0.6) is 0 Å². The minimum atomic E-state index is -4.61. The Balaban J connectivity index is -0.00000000222. The minimum Gasteiger partial charge on any atom is -1.00 e. The maximum absolute atomic E-state index is 7.33. The van der Waals surface area contributed by atoms with Crippen LogP contribution >= 0.6 is 0 Å². The van der Waals surface area contributed by atoms with Gasteiger partial charge >= 0.3 is 46.8 Å². The number of hydrogen-bond acceptors (Lipinski definition) is 4. The normalized spacial score (nSPS) is 5.00. The van der Waals surface area contributed by atoms with E-state index in [2.05, 4.69) is 0 Å². The third-order valence-electron chi connectivity index (χ3n) is 0. The monoisotopic (exact) mass is 258 g/mol. The molecule has 0 unspecified atom stereocenters. The van der Waals surface area contributed by atoms with Crippen molar-refractivity contribution in [2.75, 3.05) is 0 Å². The maximum atomic E-state index is 7.33. The van der Waals surface area contributed by atoms with Crippen molar-refractivity contribution in [1.82, 2.24) is 0 Å². The molecule has 0 radical (unpaired) electrons. The van der Waals surface area contributed by atoms with Gasteiger partial charge in [-0.15, -0.1) is 0 Å². The zero-order valence-electron chi connectivity index (χ0n) is 7.45. The molecule has 0 rings (SSSR count). The summed E-state index contributed by atoms with van der Waals surface area (Å²) in [6, 6.07) is 0. The van der Waals surface area contributed by atoms with Crippen molar-refractivity contribution in [2.24, 2.45) is 0 Å². The van der Waals surface area contributed by atoms with Gasteiger partial charge in [-0.3, -0.25) is 28.2 Å². The first kappa shape index (κ1) is 76.1. The molecule has 0 aromatic carbocycles. The predicted octanol–water partition coefficient (Wildman–Crippen LogP) is -1.85. The average Bonchev–Trinajstić information content (AvgIpc) is 0.722. The molecular weight excluding hydrogens is 246 g/mol. The molecule has 0 aliphatic rings. The summed E-state index contributed by atoms with van der Waals surface area (Å²) < 4.78 is 0. The molecular formula is H12CaF6O4Si. The standard InChI is InChI=1S/Ca.6FH.H4O4Si.2H/c;;;;;;;1-5(2,3)4;;/h;6*1H;1-4H;;/q+2;;;;;;;;2*-1. The van der Waals surface area contributed by atoms with Gasteiger partial charge in [-0.25, -0.2) is 0 Å². The van der Waals surface area contributed by atoms with Crippen LogP contribution in [0.25, 0.3) is 0 Å². The fourth-order valence-electron chi connectivity index (χ4n) is 0. The Morgan fingerprint density at radius 3 is 0.583 bits per heavy atom. The Kier molecular flexibility index (Phi) is 188. The van der Waals surface area contributed by atoms with E-state index < -0.39 is 9.05 Å². The number of hydrogen-bond donors (Lipinski definition) is 4. The second-order valence-electron chi connectivity index (χ2n) is 0.600. The molecule has 4 N–H and O–H groups in total. The summed E-state index contributed by atoms with van der Waals surface area (Å²) in [7, 11) is -4.61. The molecule has 0 aromatic rings. The van der Waals surface area contributed by atoms with Crippen molar-refractivity contribution in [1.29, 1.82) is 0 Å². The molecule has 0 aliphatic heterocycles. The van der Waals surface area contributed by atoms with Crippen molar-refractivity contribution in [3.8, 4) is 0 Å². The Morgan fingerprint density at radius 1 is 0.583 bits per heavy atom. The molecule has 12 heavy (non-hydrogen) atoms. The van der Waals surface area contributed by atoms with Crippen molar-refractivity contribution in [3.63, 3.8) is 0 Å². The molecule has 0 atom stereocenters. The van der Waals surface area contributed by atoms with Gasteiger partial charge in [-0.2, -0.15) is 0 Å². The predicted molar refractivity (Wildman–Crippen MR) is 37.6 cm³/mol. The third-order valence-corrected chi connectivity index (χ3v) is 0. The molecule has 0 saturated carbocycles. The zero-order chi connectivity index (χ0) is 4.50. The molecule has 0 spiro atoms. The molecule has 0 amide bonds. The molecule has 0 fully saturated rings. The first-order chi connectivity index (χ1) is 2.00. The van der Waals surface area contributed by atoms with Gasteiger partial charge in [0.1, 0.15) is 0 Å². The summed E-state index contributed by atoms with van der Waals surface area (Å²) >= 11 is 0. The summed E-state index contributed by atoms with van der Waals surface area (Å²) in [5, 5.41) is 0. The molecule has 0 heterocycles. The third kappa shape index (κ3) is 1330. The molecule has 0 aliphatic carbocycles. The van der Waals surface area contributed by atoms with E-state index in [0.717, 1.165) is 0 Å². The maximum Gasteiger partial charge on any atom is 2.00 e. The number of halogens is 6. The average molecular weight is 258 g/mol. The zero-order valence-corrected chi connectivity index (χ0v) is 8.65. The van der Waals surface area contributed by atoms with Crippen LogP contribution in [0.1, 0.15) is 2.85 Å². The summed E-state index contributed by atoms with van der Waals surface area (Å²) in [5.74, 6) is 0. The first-order valence-electron chi connectivity index (χ1n) is 0.894. The SMILES string of the molecule is F.F.F.F.F.F.O[Si](O)(O)O.[Ca+2].[H-].[H-]. The van der Waals surface area contributed by atoms with E-state index in [-0.39, 0.29) is 68.8 Å². The van der Waals surface area contributed by atoms with Crippen LogP contribution in [0.4, 0.5) is 28.2 Å². The smallest absolute Gasteiger partial charge is 1.00 e. The minimum absolute atomic E-state index is 0. The van der Waals surface area contributed by atoms with E-state index in [1.807, 2.05) is 0 Å². The van der Waals surface area contributed by atoms with Gasteiger partial charge < -0.3 is 22.0 Å². The summed E-state index contributed by atoms with van der Waals surface area (Å²) in [5.41, 5.74) is 0. The van der Waals surface area contributed by atoms with Gasteiger partial charge in [0, 0.05) is 0 Å². The van der Waals surface area contributed by atoms with Crippen LogP contribution in [-0.2, 0) is 0 Å². The molecule has 84 valence electrons. The van der Waals surface area contributed by atoms with E-state index in [9.17, 15) is 0 Å². The summed E-state index contributed by atoms with van der Waals surface area (Å²) in [4.78, 5) is 29.3. The van der Waals surface area contributed by atoms with Crippen molar-refractivity contribution in [3.05, 3.63) is 0 Å². The molecule has 0 aromatic heterocycles. The Labute approximate surface area is 96.9 Å². The summed E-state index contributed by atoms with van der Waals surface area (Å²) in [6.07, 6.45) is 0. The summed E-state index contributed by atoms with van der Waals surface area (Å²) in [6.45, 7) is 0. The quantitative estimate of drug-likeness (QED) is 0.304. The van der Waals surface area contributed by atoms with E-state index in [0.29, 0.717) is 0 Å².